The average Bonchev–Trinajstić information content (AvgIpc) is 3.03. The number of benzene rings is 1. The number of nitrogens with one attached hydrogen (secondary N) is 2. The molecule has 0 unspecified atom stereocenters. The Morgan fingerprint density at radius 1 is 1.28 bits per heavy atom. The van der Waals surface area contributed by atoms with Gasteiger partial charge in [0.2, 0.25) is 0 Å². The minimum absolute atomic E-state index is 0.00679. The summed E-state index contributed by atoms with van der Waals surface area (Å²) in [6, 6.07) is 7.17. The van der Waals surface area contributed by atoms with Crippen molar-refractivity contribution in [2.75, 3.05) is 38.0 Å². The van der Waals surface area contributed by atoms with Crippen LogP contribution in [0.2, 0.25) is 5.02 Å². The third-order valence-corrected chi connectivity index (χ3v) is 4.60. The van der Waals surface area contributed by atoms with Crippen molar-refractivity contribution in [1.82, 2.24) is 14.7 Å². The van der Waals surface area contributed by atoms with E-state index < -0.39 is 0 Å². The number of aryl methyl sites for hydroxylation is 1. The molecule has 0 saturated carbocycles. The number of para-hydroxylation sites is 1. The second-order valence-corrected chi connectivity index (χ2v) is 6.56. The van der Waals surface area contributed by atoms with E-state index in [1.54, 1.807) is 36.3 Å². The van der Waals surface area contributed by atoms with Gasteiger partial charge in [-0.15, -0.1) is 0 Å². The number of anilines is 1. The van der Waals surface area contributed by atoms with Gasteiger partial charge in [0, 0.05) is 13.2 Å². The third kappa shape index (κ3) is 4.37. The highest BCUT2D eigenvalue weighted by atomic mass is 35.5. The van der Waals surface area contributed by atoms with E-state index in [1.807, 2.05) is 17.0 Å². The molecule has 0 aliphatic carbocycles. The van der Waals surface area contributed by atoms with Gasteiger partial charge in [-0.05, 0) is 12.1 Å². The number of piperazine rings is 1. The molecule has 1 aromatic heterocycles. The molecule has 1 aliphatic heterocycles. The van der Waals surface area contributed by atoms with Crippen LogP contribution in [-0.4, -0.2) is 59.2 Å². The van der Waals surface area contributed by atoms with Gasteiger partial charge in [0.1, 0.15) is 0 Å². The highest BCUT2D eigenvalue weighted by Gasteiger charge is 2.26. The monoisotopic (exact) mass is 362 g/mol. The average molecular weight is 363 g/mol. The molecule has 0 spiro atoms. The fourth-order valence-electron chi connectivity index (χ4n) is 2.90. The minimum Gasteiger partial charge on any atom is -0.327 e. The quantitative estimate of drug-likeness (QED) is 0.807. The van der Waals surface area contributed by atoms with Crippen molar-refractivity contribution < 1.29 is 14.5 Å². The molecule has 3 rings (SSSR count). The fourth-order valence-corrected chi connectivity index (χ4v) is 3.08. The minimum atomic E-state index is -0.0739. The summed E-state index contributed by atoms with van der Waals surface area (Å²) in [6.07, 6.45) is 3.30. The molecule has 1 aliphatic rings. The van der Waals surface area contributed by atoms with Crippen molar-refractivity contribution in [3.63, 3.8) is 0 Å². The van der Waals surface area contributed by atoms with Crippen LogP contribution >= 0.6 is 11.6 Å². The molecule has 7 nitrogen and oxygen atoms in total. The lowest BCUT2D eigenvalue weighted by Crippen LogP contribution is -3.15. The molecule has 1 fully saturated rings. The Bertz CT molecular complexity index is 768. The fraction of sp³-hybridized carbons (Fsp3) is 0.353. The van der Waals surface area contributed by atoms with Crippen LogP contribution in [0, 0.1) is 0 Å². The van der Waals surface area contributed by atoms with Crippen LogP contribution in [0.15, 0.2) is 36.7 Å². The number of rotatable bonds is 4. The molecule has 132 valence electrons. The van der Waals surface area contributed by atoms with Crippen molar-refractivity contribution in [2.45, 2.75) is 0 Å². The van der Waals surface area contributed by atoms with Crippen molar-refractivity contribution in [3.05, 3.63) is 47.2 Å². The van der Waals surface area contributed by atoms with Gasteiger partial charge in [-0.25, -0.2) is 0 Å². The number of nitrogens with zero attached hydrogens (tertiary/aromatic N) is 3. The SMILES string of the molecule is Cn1cc(C(=O)N2CC[NH+](CC(=O)Nc3ccccc3Cl)CC2)cn1. The summed E-state index contributed by atoms with van der Waals surface area (Å²) in [5, 5.41) is 7.40. The lowest BCUT2D eigenvalue weighted by molar-refractivity contribution is -0.895. The molecule has 2 N–H and O–H groups in total. The van der Waals surface area contributed by atoms with Gasteiger partial charge in [0.15, 0.2) is 6.54 Å². The maximum Gasteiger partial charge on any atom is 0.279 e. The normalized spacial score (nSPS) is 15.2. The number of carbonyl (C=O) groups is 2. The number of aromatic nitrogens is 2. The van der Waals surface area contributed by atoms with E-state index in [0.29, 0.717) is 35.9 Å². The smallest absolute Gasteiger partial charge is 0.279 e. The van der Waals surface area contributed by atoms with Crippen molar-refractivity contribution in [3.8, 4) is 0 Å². The zero-order valence-corrected chi connectivity index (χ0v) is 14.8. The lowest BCUT2D eigenvalue weighted by atomic mass is 10.2. The number of hydrogen-bond donors (Lipinski definition) is 2. The van der Waals surface area contributed by atoms with E-state index in [-0.39, 0.29) is 11.8 Å². The summed E-state index contributed by atoms with van der Waals surface area (Å²) >= 11 is 6.05. The Hall–Kier alpha value is -2.38. The van der Waals surface area contributed by atoms with E-state index >= 15 is 0 Å². The van der Waals surface area contributed by atoms with E-state index in [0.717, 1.165) is 18.0 Å². The van der Waals surface area contributed by atoms with Gasteiger partial charge in [0.25, 0.3) is 11.8 Å². The van der Waals surface area contributed by atoms with Gasteiger partial charge < -0.3 is 15.1 Å². The van der Waals surface area contributed by atoms with Gasteiger partial charge in [-0.2, -0.15) is 5.10 Å². The van der Waals surface area contributed by atoms with Crippen molar-refractivity contribution in [1.29, 1.82) is 0 Å². The Labute approximate surface area is 151 Å². The number of amides is 2. The van der Waals surface area contributed by atoms with Crippen LogP contribution in [0.1, 0.15) is 10.4 Å². The molecular weight excluding hydrogens is 342 g/mol. The number of quaternary nitrogens is 1. The Morgan fingerprint density at radius 3 is 2.64 bits per heavy atom. The largest absolute Gasteiger partial charge is 0.327 e. The molecule has 1 saturated heterocycles. The predicted molar refractivity (Wildman–Crippen MR) is 94.8 cm³/mol. The summed E-state index contributed by atoms with van der Waals surface area (Å²) in [4.78, 5) is 27.5. The van der Waals surface area contributed by atoms with E-state index in [1.165, 1.54) is 0 Å². The summed E-state index contributed by atoms with van der Waals surface area (Å²) in [5.74, 6) is -0.0807. The molecule has 2 aromatic rings. The van der Waals surface area contributed by atoms with Gasteiger partial charge in [-0.3, -0.25) is 14.3 Å². The Morgan fingerprint density at radius 2 is 2.00 bits per heavy atom. The van der Waals surface area contributed by atoms with E-state index in [4.69, 9.17) is 11.6 Å². The van der Waals surface area contributed by atoms with Gasteiger partial charge >= 0.3 is 0 Å². The summed E-state index contributed by atoms with van der Waals surface area (Å²) in [5.41, 5.74) is 1.22. The Balaban J connectivity index is 1.48. The number of hydrogen-bond acceptors (Lipinski definition) is 3. The first-order chi connectivity index (χ1) is 12.0. The number of carbonyl (C=O) groups excluding carboxylic acids is 2. The predicted octanol–water partition coefficient (Wildman–Crippen LogP) is 0.0529. The first-order valence-corrected chi connectivity index (χ1v) is 8.56. The third-order valence-electron chi connectivity index (χ3n) is 4.27. The zero-order valence-electron chi connectivity index (χ0n) is 14.0. The highest BCUT2D eigenvalue weighted by molar-refractivity contribution is 6.33. The maximum absolute atomic E-state index is 12.4. The molecule has 8 heteroatoms. The highest BCUT2D eigenvalue weighted by Crippen LogP contribution is 2.19. The molecule has 25 heavy (non-hydrogen) atoms. The summed E-state index contributed by atoms with van der Waals surface area (Å²) in [7, 11) is 1.79. The standard InChI is InChI=1S/C17H20ClN5O2/c1-21-11-13(10-19-21)17(25)23-8-6-22(7-9-23)12-16(24)20-15-5-3-2-4-14(15)18/h2-5,10-11H,6-9,12H2,1H3,(H,20,24)/p+1. The lowest BCUT2D eigenvalue weighted by Gasteiger charge is -2.31. The molecule has 0 bridgehead atoms. The van der Waals surface area contributed by atoms with Crippen LogP contribution in [0.5, 0.6) is 0 Å². The first kappa shape index (κ1) is 17.4. The summed E-state index contributed by atoms with van der Waals surface area (Å²) in [6.45, 7) is 3.09. The Kier molecular flexibility index (Phi) is 5.35. The summed E-state index contributed by atoms with van der Waals surface area (Å²) < 4.78 is 1.62. The van der Waals surface area contributed by atoms with E-state index in [2.05, 4.69) is 10.4 Å². The van der Waals surface area contributed by atoms with Crippen LogP contribution in [0.25, 0.3) is 0 Å². The molecule has 2 amide bonds. The second kappa shape index (κ2) is 7.67. The molecule has 1 aromatic carbocycles. The zero-order chi connectivity index (χ0) is 17.8. The molecule has 0 radical (unpaired) electrons. The van der Waals surface area contributed by atoms with Crippen LogP contribution in [0.3, 0.4) is 0 Å². The van der Waals surface area contributed by atoms with Crippen molar-refractivity contribution in [2.24, 2.45) is 7.05 Å². The molecule has 2 heterocycles. The van der Waals surface area contributed by atoms with Crippen LogP contribution in [0.4, 0.5) is 5.69 Å². The van der Waals surface area contributed by atoms with Crippen molar-refractivity contribution >= 4 is 29.1 Å². The number of halogens is 1. The molecular formula is C17H21ClN5O2+. The van der Waals surface area contributed by atoms with Gasteiger partial charge in [0.05, 0.1) is 48.6 Å². The van der Waals surface area contributed by atoms with Crippen LogP contribution < -0.4 is 10.2 Å². The van der Waals surface area contributed by atoms with Crippen LogP contribution in [-0.2, 0) is 11.8 Å². The molecule has 0 atom stereocenters. The van der Waals surface area contributed by atoms with Gasteiger partial charge in [-0.1, -0.05) is 23.7 Å². The van der Waals surface area contributed by atoms with E-state index in [9.17, 15) is 9.59 Å². The maximum atomic E-state index is 12.4. The topological polar surface area (TPSA) is 71.7 Å². The second-order valence-electron chi connectivity index (χ2n) is 6.15. The first-order valence-electron chi connectivity index (χ1n) is 8.19.